The molecule has 2 heterocycles. The highest BCUT2D eigenvalue weighted by atomic mass is 32.2. The first-order valence-corrected chi connectivity index (χ1v) is 5.27. The van der Waals surface area contributed by atoms with Crippen molar-refractivity contribution in [3.8, 4) is 5.88 Å². The molecule has 0 fully saturated rings. The first kappa shape index (κ1) is 9.63. The van der Waals surface area contributed by atoms with Crippen LogP contribution in [0.2, 0.25) is 0 Å². The number of rotatable bonds is 2. The van der Waals surface area contributed by atoms with Crippen molar-refractivity contribution in [3.63, 3.8) is 0 Å². The Morgan fingerprint density at radius 1 is 1.86 bits per heavy atom. The molecule has 2 atom stereocenters. The van der Waals surface area contributed by atoms with Crippen LogP contribution < -0.4 is 10.5 Å². The minimum absolute atomic E-state index is 0.112. The Hall–Kier alpha value is -0.920. The number of fused-ring (bicyclic) bond motifs is 1. The van der Waals surface area contributed by atoms with Gasteiger partial charge in [-0.2, -0.15) is 5.10 Å². The van der Waals surface area contributed by atoms with Crippen LogP contribution in [0, 0.1) is 5.92 Å². The van der Waals surface area contributed by atoms with Gasteiger partial charge in [-0.3, -0.25) is 4.21 Å². The molecule has 0 amide bonds. The van der Waals surface area contributed by atoms with Gasteiger partial charge in [0.1, 0.15) is 4.90 Å². The van der Waals surface area contributed by atoms with Crippen molar-refractivity contribution in [1.82, 2.24) is 9.78 Å². The maximum absolute atomic E-state index is 10.7. The van der Waals surface area contributed by atoms with Crippen LogP contribution in [0.4, 0.5) is 0 Å². The molecule has 1 aliphatic heterocycles. The average Bonchev–Trinajstić information content (AvgIpc) is 2.59. The SMILES string of the molecule is NCC1COc2c(S(=O)[O-])cnn2C1. The zero-order valence-corrected chi connectivity index (χ0v) is 8.20. The number of ether oxygens (including phenoxy) is 1. The molecule has 0 aromatic carbocycles. The van der Waals surface area contributed by atoms with Crippen molar-refractivity contribution < 1.29 is 13.5 Å². The molecule has 14 heavy (non-hydrogen) atoms. The summed E-state index contributed by atoms with van der Waals surface area (Å²) in [5.74, 6) is 0.526. The molecule has 7 heteroatoms. The van der Waals surface area contributed by atoms with Crippen molar-refractivity contribution in [2.75, 3.05) is 13.2 Å². The largest absolute Gasteiger partial charge is 0.768 e. The second kappa shape index (κ2) is 3.68. The number of hydrogen-bond donors (Lipinski definition) is 1. The van der Waals surface area contributed by atoms with E-state index in [2.05, 4.69) is 5.10 Å². The summed E-state index contributed by atoms with van der Waals surface area (Å²) in [4.78, 5) is 0.112. The lowest BCUT2D eigenvalue weighted by molar-refractivity contribution is 0.164. The minimum Gasteiger partial charge on any atom is -0.768 e. The van der Waals surface area contributed by atoms with E-state index in [9.17, 15) is 8.76 Å². The van der Waals surface area contributed by atoms with Gasteiger partial charge >= 0.3 is 0 Å². The summed E-state index contributed by atoms with van der Waals surface area (Å²) in [5, 5.41) is 3.92. The van der Waals surface area contributed by atoms with Crippen molar-refractivity contribution in [1.29, 1.82) is 0 Å². The van der Waals surface area contributed by atoms with Crippen LogP contribution in [-0.4, -0.2) is 31.7 Å². The van der Waals surface area contributed by atoms with Gasteiger partial charge < -0.3 is 15.0 Å². The second-order valence-electron chi connectivity index (χ2n) is 3.14. The van der Waals surface area contributed by atoms with Crippen molar-refractivity contribution >= 4 is 11.1 Å². The maximum Gasteiger partial charge on any atom is 0.227 e. The Bertz CT molecular complexity index is 365. The van der Waals surface area contributed by atoms with Gasteiger partial charge in [0.25, 0.3) is 0 Å². The minimum atomic E-state index is -2.29. The first-order chi connectivity index (χ1) is 6.72. The van der Waals surface area contributed by atoms with Gasteiger partial charge in [0, 0.05) is 12.5 Å². The number of nitrogens with two attached hydrogens (primary N) is 1. The van der Waals surface area contributed by atoms with Crippen molar-refractivity contribution in [2.24, 2.45) is 11.7 Å². The van der Waals surface area contributed by atoms with Crippen LogP contribution in [0.3, 0.4) is 0 Å². The monoisotopic (exact) mass is 216 g/mol. The Labute approximate surface area is 83.3 Å². The third-order valence-corrected chi connectivity index (χ3v) is 2.80. The summed E-state index contributed by atoms with van der Waals surface area (Å²) in [6.45, 7) is 1.57. The Balaban J connectivity index is 2.29. The lowest BCUT2D eigenvalue weighted by Crippen LogP contribution is -2.31. The molecular weight excluding hydrogens is 206 g/mol. The number of hydrogen-bond acceptors (Lipinski definition) is 5. The standard InChI is InChI=1S/C7H11N3O3S/c8-1-5-3-10-7(13-4-5)6(2-9-10)14(11)12/h2,5H,1,3-4,8H2,(H,11,12)/p-1. The fraction of sp³-hybridized carbons (Fsp3) is 0.571. The molecule has 2 N–H and O–H groups in total. The second-order valence-corrected chi connectivity index (χ2v) is 4.05. The average molecular weight is 216 g/mol. The van der Waals surface area contributed by atoms with Gasteiger partial charge in [0.05, 0.1) is 19.3 Å². The van der Waals surface area contributed by atoms with Crippen LogP contribution in [-0.2, 0) is 17.6 Å². The van der Waals surface area contributed by atoms with Crippen molar-refractivity contribution in [2.45, 2.75) is 11.4 Å². The summed E-state index contributed by atoms with van der Waals surface area (Å²) in [6, 6.07) is 0. The Morgan fingerprint density at radius 3 is 3.29 bits per heavy atom. The lowest BCUT2D eigenvalue weighted by atomic mass is 10.1. The molecule has 0 radical (unpaired) electrons. The molecule has 1 aliphatic rings. The molecule has 1 aromatic rings. The van der Waals surface area contributed by atoms with Crippen LogP contribution >= 0.6 is 0 Å². The quantitative estimate of drug-likeness (QED) is 0.646. The van der Waals surface area contributed by atoms with Gasteiger partial charge in [-0.25, -0.2) is 4.68 Å². The van der Waals surface area contributed by atoms with E-state index >= 15 is 0 Å². The molecule has 2 rings (SSSR count). The zero-order valence-electron chi connectivity index (χ0n) is 7.38. The van der Waals surface area contributed by atoms with E-state index in [1.165, 1.54) is 10.9 Å². The summed E-state index contributed by atoms with van der Waals surface area (Å²) in [6.07, 6.45) is 1.29. The molecular formula is C7H10N3O3S-. The predicted octanol–water partition coefficient (Wildman–Crippen LogP) is -0.912. The molecule has 1 aromatic heterocycles. The molecule has 6 nitrogen and oxygen atoms in total. The highest BCUT2D eigenvalue weighted by Crippen LogP contribution is 2.25. The summed E-state index contributed by atoms with van der Waals surface area (Å²) >= 11 is -2.29. The summed E-state index contributed by atoms with van der Waals surface area (Å²) in [7, 11) is 0. The van der Waals surface area contributed by atoms with Gasteiger partial charge in [-0.05, 0) is 11.1 Å². The molecule has 78 valence electrons. The molecule has 0 saturated carbocycles. The number of aromatic nitrogens is 2. The Morgan fingerprint density at radius 2 is 2.64 bits per heavy atom. The smallest absolute Gasteiger partial charge is 0.227 e. The van der Waals surface area contributed by atoms with Crippen LogP contribution in [0.15, 0.2) is 11.1 Å². The third-order valence-electron chi connectivity index (χ3n) is 2.16. The molecule has 0 saturated heterocycles. The Kier molecular flexibility index (Phi) is 2.53. The van der Waals surface area contributed by atoms with Crippen LogP contribution in [0.1, 0.15) is 0 Å². The summed E-state index contributed by atoms with van der Waals surface area (Å²) < 4.78 is 28.3. The van der Waals surface area contributed by atoms with E-state index in [4.69, 9.17) is 10.5 Å². The molecule has 0 bridgehead atoms. The predicted molar refractivity (Wildman–Crippen MR) is 47.5 cm³/mol. The van der Waals surface area contributed by atoms with Gasteiger partial charge in [0.2, 0.25) is 5.88 Å². The van der Waals surface area contributed by atoms with E-state index in [1.54, 1.807) is 0 Å². The van der Waals surface area contributed by atoms with Gasteiger partial charge in [-0.15, -0.1) is 0 Å². The van der Waals surface area contributed by atoms with E-state index in [0.29, 0.717) is 25.6 Å². The molecule has 2 unspecified atom stereocenters. The molecule has 0 spiro atoms. The maximum atomic E-state index is 10.7. The van der Waals surface area contributed by atoms with E-state index < -0.39 is 11.1 Å². The summed E-state index contributed by atoms with van der Waals surface area (Å²) in [5.41, 5.74) is 5.48. The fourth-order valence-electron chi connectivity index (χ4n) is 1.38. The van der Waals surface area contributed by atoms with E-state index in [-0.39, 0.29) is 10.8 Å². The highest BCUT2D eigenvalue weighted by molar-refractivity contribution is 7.79. The number of nitrogens with zero attached hydrogens (tertiary/aromatic N) is 2. The first-order valence-electron chi connectivity index (χ1n) is 4.20. The van der Waals surface area contributed by atoms with Crippen molar-refractivity contribution in [3.05, 3.63) is 6.20 Å². The molecule has 0 aliphatic carbocycles. The fourth-order valence-corrected chi connectivity index (χ4v) is 1.82. The topological polar surface area (TPSA) is 93.2 Å². The zero-order chi connectivity index (χ0) is 10.1. The van der Waals surface area contributed by atoms with Gasteiger partial charge in [0.15, 0.2) is 0 Å². The van der Waals surface area contributed by atoms with Gasteiger partial charge in [-0.1, -0.05) is 0 Å². The lowest BCUT2D eigenvalue weighted by Gasteiger charge is -2.23. The third kappa shape index (κ3) is 1.54. The van der Waals surface area contributed by atoms with Crippen LogP contribution in [0.25, 0.3) is 0 Å². The van der Waals surface area contributed by atoms with E-state index in [0.717, 1.165) is 0 Å². The highest BCUT2D eigenvalue weighted by Gasteiger charge is 2.22. The normalized spacial score (nSPS) is 22.6. The van der Waals surface area contributed by atoms with Crippen LogP contribution in [0.5, 0.6) is 5.88 Å². The van der Waals surface area contributed by atoms with E-state index in [1.807, 2.05) is 0 Å².